The molecule has 1 atom stereocenters. The van der Waals surface area contributed by atoms with Crippen LogP contribution in [0.3, 0.4) is 0 Å². The van der Waals surface area contributed by atoms with E-state index in [0.717, 1.165) is 11.1 Å². The molecule has 0 unspecified atom stereocenters. The van der Waals surface area contributed by atoms with Crippen molar-refractivity contribution in [3.8, 4) is 0 Å². The van der Waals surface area contributed by atoms with Gasteiger partial charge < -0.3 is 4.42 Å². The van der Waals surface area contributed by atoms with Gasteiger partial charge in [0.05, 0.1) is 17.0 Å². The summed E-state index contributed by atoms with van der Waals surface area (Å²) in [7, 11) is 0. The zero-order valence-corrected chi connectivity index (χ0v) is 15.0. The third kappa shape index (κ3) is 2.35. The molecule has 0 N–H and O–H groups in total. The Morgan fingerprint density at radius 1 is 1.04 bits per heavy atom. The fourth-order valence-electron chi connectivity index (χ4n) is 3.67. The number of hydrogen-bond acceptors (Lipinski definition) is 5. The number of benzene rings is 1. The Morgan fingerprint density at radius 3 is 2.68 bits per heavy atom. The monoisotopic (exact) mass is 369 g/mol. The third-order valence-corrected chi connectivity index (χ3v) is 4.92. The van der Waals surface area contributed by atoms with Gasteiger partial charge in [-0.1, -0.05) is 23.8 Å². The smallest absolute Gasteiger partial charge is 0.296 e. The fourth-order valence-corrected chi connectivity index (χ4v) is 3.67. The highest BCUT2D eigenvalue weighted by Gasteiger charge is 2.44. The van der Waals surface area contributed by atoms with Crippen molar-refractivity contribution in [3.63, 3.8) is 0 Å². The fraction of sp³-hybridized carbons (Fsp3) is 0.0909. The van der Waals surface area contributed by atoms with E-state index in [-0.39, 0.29) is 17.1 Å². The van der Waals surface area contributed by atoms with Gasteiger partial charge in [0.25, 0.3) is 5.91 Å². The summed E-state index contributed by atoms with van der Waals surface area (Å²) in [6, 6.07) is 13.7. The van der Waals surface area contributed by atoms with Gasteiger partial charge in [0.1, 0.15) is 11.4 Å². The first-order chi connectivity index (χ1) is 13.6. The summed E-state index contributed by atoms with van der Waals surface area (Å²) >= 11 is 0. The molecule has 4 aromatic rings. The Labute approximate surface area is 160 Å². The lowest BCUT2D eigenvalue weighted by Crippen LogP contribution is -2.30. The van der Waals surface area contributed by atoms with Crippen LogP contribution in [0.1, 0.15) is 33.3 Å². The van der Waals surface area contributed by atoms with Crippen molar-refractivity contribution in [2.24, 2.45) is 0 Å². The average molecular weight is 369 g/mol. The summed E-state index contributed by atoms with van der Waals surface area (Å²) < 4.78 is 5.92. The molecule has 1 aliphatic heterocycles. The zero-order chi connectivity index (χ0) is 19.3. The van der Waals surface area contributed by atoms with Crippen molar-refractivity contribution < 1.29 is 9.21 Å². The highest BCUT2D eigenvalue weighted by Crippen LogP contribution is 2.40. The molecule has 1 aliphatic rings. The summed E-state index contributed by atoms with van der Waals surface area (Å²) in [5.74, 6) is 0.121. The molecule has 0 bridgehead atoms. The first-order valence-electron chi connectivity index (χ1n) is 8.87. The molecule has 28 heavy (non-hydrogen) atoms. The van der Waals surface area contributed by atoms with E-state index in [4.69, 9.17) is 4.42 Å². The number of carbonyl (C=O) groups excluding carboxylic acids is 1. The van der Waals surface area contributed by atoms with Gasteiger partial charge in [-0.2, -0.15) is 0 Å². The lowest BCUT2D eigenvalue weighted by atomic mass is 9.99. The number of fused-ring (bicyclic) bond motifs is 2. The van der Waals surface area contributed by atoms with Crippen molar-refractivity contribution >= 4 is 22.7 Å². The maximum Gasteiger partial charge on any atom is 0.296 e. The lowest BCUT2D eigenvalue weighted by molar-refractivity contribution is 0.0970. The van der Waals surface area contributed by atoms with Crippen LogP contribution < -0.4 is 10.3 Å². The van der Waals surface area contributed by atoms with Gasteiger partial charge in [0, 0.05) is 18.6 Å². The quantitative estimate of drug-likeness (QED) is 0.539. The Kier molecular flexibility index (Phi) is 3.58. The molecular formula is C22H15N3O3. The normalized spacial score (nSPS) is 15.8. The minimum Gasteiger partial charge on any atom is -0.450 e. The summed E-state index contributed by atoms with van der Waals surface area (Å²) in [5, 5.41) is 0.461. The zero-order valence-electron chi connectivity index (χ0n) is 15.0. The third-order valence-electron chi connectivity index (χ3n) is 4.92. The number of amides is 1. The highest BCUT2D eigenvalue weighted by atomic mass is 16.3. The first-order valence-corrected chi connectivity index (χ1v) is 8.87. The summed E-state index contributed by atoms with van der Waals surface area (Å²) in [4.78, 5) is 36.7. The average Bonchev–Trinajstić information content (AvgIpc) is 3.03. The second kappa shape index (κ2) is 6.13. The molecule has 1 aromatic carbocycles. The van der Waals surface area contributed by atoms with Gasteiger partial charge in [-0.3, -0.25) is 19.5 Å². The van der Waals surface area contributed by atoms with Crippen LogP contribution in [-0.2, 0) is 0 Å². The Balaban J connectivity index is 1.84. The molecular weight excluding hydrogens is 354 g/mol. The van der Waals surface area contributed by atoms with Gasteiger partial charge in [-0.15, -0.1) is 0 Å². The second-order valence-corrected chi connectivity index (χ2v) is 6.73. The predicted molar refractivity (Wildman–Crippen MR) is 104 cm³/mol. The topological polar surface area (TPSA) is 76.3 Å². The molecule has 6 heteroatoms. The van der Waals surface area contributed by atoms with Gasteiger partial charge in [-0.25, -0.2) is 4.98 Å². The Bertz CT molecular complexity index is 1270. The highest BCUT2D eigenvalue weighted by molar-refractivity contribution is 6.10. The van der Waals surface area contributed by atoms with Gasteiger partial charge in [0.2, 0.25) is 5.76 Å². The Hall–Kier alpha value is -3.80. The molecule has 5 rings (SSSR count). The van der Waals surface area contributed by atoms with E-state index < -0.39 is 6.04 Å². The molecule has 6 nitrogen and oxygen atoms in total. The maximum atomic E-state index is 13.4. The molecule has 136 valence electrons. The molecule has 0 aliphatic carbocycles. The van der Waals surface area contributed by atoms with Gasteiger partial charge in [-0.05, 0) is 42.8 Å². The number of pyridine rings is 2. The van der Waals surface area contributed by atoms with Crippen molar-refractivity contribution in [2.45, 2.75) is 13.0 Å². The standard InChI is InChI=1S/C22H15N3O3/c1-13-7-8-16-15(11-13)20(26)18-19(14-5-4-9-23-12-14)25(22(27)21(18)28-16)17-6-2-3-10-24-17/h2-12,19H,1H3/t19-/m0/s1. The van der Waals surface area contributed by atoms with Crippen molar-refractivity contribution in [1.82, 2.24) is 9.97 Å². The molecule has 0 spiro atoms. The van der Waals surface area contributed by atoms with Crippen LogP contribution in [0.5, 0.6) is 0 Å². The number of aryl methyl sites for hydroxylation is 1. The first kappa shape index (κ1) is 16.4. The Morgan fingerprint density at radius 2 is 1.93 bits per heavy atom. The molecule has 3 aromatic heterocycles. The van der Waals surface area contributed by atoms with Crippen LogP contribution in [0.25, 0.3) is 11.0 Å². The van der Waals surface area contributed by atoms with Crippen LogP contribution in [-0.4, -0.2) is 15.9 Å². The molecule has 0 saturated heterocycles. The van der Waals surface area contributed by atoms with Crippen LogP contribution in [0, 0.1) is 6.92 Å². The predicted octanol–water partition coefficient (Wildman–Crippen LogP) is 3.64. The van der Waals surface area contributed by atoms with Crippen LogP contribution in [0.2, 0.25) is 0 Å². The number of anilines is 1. The molecule has 0 radical (unpaired) electrons. The molecule has 0 fully saturated rings. The van der Waals surface area contributed by atoms with Crippen molar-refractivity contribution in [3.05, 3.63) is 99.8 Å². The summed E-state index contributed by atoms with van der Waals surface area (Å²) in [6.07, 6.45) is 4.92. The number of aromatic nitrogens is 2. The van der Waals surface area contributed by atoms with Crippen LogP contribution >= 0.6 is 0 Å². The summed E-state index contributed by atoms with van der Waals surface area (Å²) in [6.45, 7) is 1.91. The SMILES string of the molecule is Cc1ccc2oc3c(c(=O)c2c1)[C@H](c1cccnc1)N(c1ccccn1)C3=O. The molecule has 4 heterocycles. The van der Waals surface area contributed by atoms with E-state index >= 15 is 0 Å². The van der Waals surface area contributed by atoms with Gasteiger partial charge >= 0.3 is 0 Å². The van der Waals surface area contributed by atoms with Crippen LogP contribution in [0.15, 0.2) is 76.3 Å². The minimum atomic E-state index is -0.646. The van der Waals surface area contributed by atoms with E-state index in [0.29, 0.717) is 22.4 Å². The van der Waals surface area contributed by atoms with Crippen molar-refractivity contribution in [2.75, 3.05) is 4.90 Å². The van der Waals surface area contributed by atoms with E-state index in [9.17, 15) is 9.59 Å². The number of nitrogens with zero attached hydrogens (tertiary/aromatic N) is 3. The molecule has 1 amide bonds. The van der Waals surface area contributed by atoms with E-state index in [1.54, 1.807) is 55.0 Å². The largest absolute Gasteiger partial charge is 0.450 e. The van der Waals surface area contributed by atoms with Crippen LogP contribution in [0.4, 0.5) is 5.82 Å². The lowest BCUT2D eigenvalue weighted by Gasteiger charge is -2.23. The van der Waals surface area contributed by atoms with E-state index in [1.807, 2.05) is 19.1 Å². The number of rotatable bonds is 2. The minimum absolute atomic E-state index is 0.0564. The molecule has 0 saturated carbocycles. The number of hydrogen-bond donors (Lipinski definition) is 0. The maximum absolute atomic E-state index is 13.4. The van der Waals surface area contributed by atoms with Gasteiger partial charge in [0.15, 0.2) is 5.43 Å². The van der Waals surface area contributed by atoms with E-state index in [1.165, 1.54) is 4.90 Å². The summed E-state index contributed by atoms with van der Waals surface area (Å²) in [5.41, 5.74) is 2.18. The van der Waals surface area contributed by atoms with E-state index in [2.05, 4.69) is 9.97 Å². The number of carbonyl (C=O) groups is 1. The second-order valence-electron chi connectivity index (χ2n) is 6.73. The van der Waals surface area contributed by atoms with Crippen molar-refractivity contribution in [1.29, 1.82) is 0 Å².